The molecule has 0 spiro atoms. The number of H-pyrrole nitrogens is 3. The molecule has 3 aromatic heterocycles. The Morgan fingerprint density at radius 1 is 0.675 bits per heavy atom. The van der Waals surface area contributed by atoms with Crippen molar-refractivity contribution in [3.05, 3.63) is 159 Å². The van der Waals surface area contributed by atoms with E-state index in [1.165, 1.54) is 49.5 Å². The molecule has 7 atom stereocenters. The Bertz CT molecular complexity index is 3070. The van der Waals surface area contributed by atoms with Crippen molar-refractivity contribution in [2.24, 2.45) is 5.92 Å². The Hall–Kier alpha value is -7.89. The molecule has 24 heteroatoms. The number of benzene rings is 3. The zero-order chi connectivity index (χ0) is 55.7. The molecule has 10 N–H and O–H groups in total. The van der Waals surface area contributed by atoms with E-state index in [-0.39, 0.29) is 94.0 Å². The van der Waals surface area contributed by atoms with Gasteiger partial charge in [0.25, 0.3) is 29.5 Å². The minimum Gasteiger partial charge on any atom is -0.484 e. The third-order valence-electron chi connectivity index (χ3n) is 12.5. The maximum Gasteiger partial charge on any atom is 0.405 e. The molecule has 6 aromatic rings. The average Bonchev–Trinajstić information content (AvgIpc) is 3.66. The highest BCUT2D eigenvalue weighted by atomic mass is 35.5. The Morgan fingerprint density at radius 3 is 1.77 bits per heavy atom. The number of amides is 5. The van der Waals surface area contributed by atoms with Crippen LogP contribution in [0.4, 0.5) is 22.0 Å². The van der Waals surface area contributed by atoms with Gasteiger partial charge in [0.05, 0.1) is 5.69 Å². The maximum absolute atomic E-state index is 14.8. The van der Waals surface area contributed by atoms with Crippen molar-refractivity contribution in [1.29, 1.82) is 0 Å². The number of rotatable bonds is 24. The molecular weight excluding hydrogens is 1040 g/mol. The fraction of sp³-hybridized carbons (Fsp3) is 0.340. The molecule has 3 heterocycles. The third kappa shape index (κ3) is 14.9. The molecule has 7 unspecified atom stereocenters. The lowest BCUT2D eigenvalue weighted by Crippen LogP contribution is -2.36. The molecule has 3 aromatic carbocycles. The summed E-state index contributed by atoms with van der Waals surface area (Å²) in [7, 11) is 1.40. The van der Waals surface area contributed by atoms with E-state index in [2.05, 4.69) is 41.5 Å². The van der Waals surface area contributed by atoms with Gasteiger partial charge in [0.1, 0.15) is 71.2 Å². The van der Waals surface area contributed by atoms with Crippen LogP contribution in [0.25, 0.3) is 0 Å². The quantitative estimate of drug-likeness (QED) is 0.0206. The van der Waals surface area contributed by atoms with Crippen molar-refractivity contribution in [3.8, 4) is 17.2 Å². The fourth-order valence-corrected chi connectivity index (χ4v) is 8.29. The molecule has 1 aliphatic rings. The Kier molecular flexibility index (Phi) is 18.3. The van der Waals surface area contributed by atoms with Crippen molar-refractivity contribution in [2.45, 2.75) is 83.3 Å². The van der Waals surface area contributed by atoms with Crippen LogP contribution in [0.15, 0.2) is 91.0 Å². The molecule has 18 nitrogen and oxygen atoms in total. The summed E-state index contributed by atoms with van der Waals surface area (Å²) >= 11 is 6.02. The second-order valence-electron chi connectivity index (χ2n) is 18.4. The number of aromatic amines is 3. The lowest BCUT2D eigenvalue weighted by Gasteiger charge is -2.16. The molecule has 0 radical (unpaired) electrons. The first kappa shape index (κ1) is 56.8. The van der Waals surface area contributed by atoms with Crippen molar-refractivity contribution in [2.75, 3.05) is 26.7 Å². The predicted molar refractivity (Wildman–Crippen MR) is 272 cm³/mol. The van der Waals surface area contributed by atoms with E-state index in [0.29, 0.717) is 17.0 Å². The number of hydrogen-bond donors (Lipinski definition) is 10. The third-order valence-corrected chi connectivity index (χ3v) is 12.8. The summed E-state index contributed by atoms with van der Waals surface area (Å²) in [5.74, 6) is -5.05. The van der Waals surface area contributed by atoms with Crippen molar-refractivity contribution in [3.63, 3.8) is 0 Å². The van der Waals surface area contributed by atoms with E-state index < -0.39 is 84.5 Å². The number of alkyl halides is 3. The van der Waals surface area contributed by atoms with Gasteiger partial charge in [-0.25, -0.2) is 8.78 Å². The van der Waals surface area contributed by atoms with Gasteiger partial charge in [-0.05, 0) is 76.3 Å². The molecule has 1 saturated carbocycles. The number of aliphatic hydroxyl groups excluding tert-OH is 1. The van der Waals surface area contributed by atoms with Crippen LogP contribution in [0.2, 0.25) is 5.02 Å². The molecule has 0 saturated heterocycles. The number of nitrogens with one attached hydrogen (secondary N) is 9. The molecule has 1 fully saturated rings. The molecule has 5 amide bonds. The SMILES string of the molecule is CNC(=O)c1[nH]c(C(=O)NC(C)CCNC(=O)c2[nH]c(C(O)NC3CC3CNC(=O)c3[nH]c(C(=O)NCC(F)(F)F)cc3OC(C)c3ccc(Cl)cc3)cc2OC(C)c2ccccc2F)cc1OC(C)c1ccccc1F. The van der Waals surface area contributed by atoms with Gasteiger partial charge in [0.15, 0.2) is 17.2 Å². The van der Waals surface area contributed by atoms with E-state index >= 15 is 0 Å². The molecule has 77 heavy (non-hydrogen) atoms. The average molecular weight is 1090 g/mol. The van der Waals surface area contributed by atoms with Gasteiger partial charge in [0.2, 0.25) is 0 Å². The lowest BCUT2D eigenvalue weighted by atomic mass is 10.1. The zero-order valence-corrected chi connectivity index (χ0v) is 43.0. The first-order valence-corrected chi connectivity index (χ1v) is 24.8. The molecule has 7 rings (SSSR count). The van der Waals surface area contributed by atoms with Gasteiger partial charge >= 0.3 is 6.18 Å². The maximum atomic E-state index is 14.8. The summed E-state index contributed by atoms with van der Waals surface area (Å²) in [5, 5.41) is 27.5. The number of aliphatic hydroxyl groups is 1. The fourth-order valence-electron chi connectivity index (χ4n) is 8.16. The second-order valence-corrected chi connectivity index (χ2v) is 18.8. The normalized spacial score (nSPS) is 16.0. The first-order valence-electron chi connectivity index (χ1n) is 24.4. The number of carbonyl (C=O) groups is 5. The van der Waals surface area contributed by atoms with Crippen LogP contribution in [0.5, 0.6) is 17.2 Å². The molecule has 0 bridgehead atoms. The smallest absolute Gasteiger partial charge is 0.405 e. The summed E-state index contributed by atoms with van der Waals surface area (Å²) < 4.78 is 86.1. The minimum absolute atomic E-state index is 0.0136. The van der Waals surface area contributed by atoms with Crippen LogP contribution in [0.3, 0.4) is 0 Å². The monoisotopic (exact) mass is 1090 g/mol. The Morgan fingerprint density at radius 2 is 1.19 bits per heavy atom. The number of ether oxygens (including phenoxy) is 3. The van der Waals surface area contributed by atoms with E-state index in [1.807, 2.05) is 0 Å². The summed E-state index contributed by atoms with van der Waals surface area (Å²) in [5.41, 5.74) is 0.471. The number of hydrogen-bond acceptors (Lipinski definition) is 10. The van der Waals surface area contributed by atoms with Crippen molar-refractivity contribution >= 4 is 41.1 Å². The van der Waals surface area contributed by atoms with Crippen LogP contribution < -0.4 is 46.1 Å². The van der Waals surface area contributed by atoms with Gasteiger partial charge in [-0.15, -0.1) is 0 Å². The molecule has 410 valence electrons. The van der Waals surface area contributed by atoms with Gasteiger partial charge in [0, 0.05) is 66.6 Å². The largest absolute Gasteiger partial charge is 0.484 e. The number of halogens is 6. The minimum atomic E-state index is -4.68. The first-order chi connectivity index (χ1) is 36.6. The summed E-state index contributed by atoms with van der Waals surface area (Å²) in [6.45, 7) is 5.03. The number of aromatic nitrogens is 3. The topological polar surface area (TPSA) is 253 Å². The van der Waals surface area contributed by atoms with E-state index in [9.17, 15) is 51.0 Å². The van der Waals surface area contributed by atoms with Crippen LogP contribution in [-0.4, -0.2) is 94.5 Å². The second kappa shape index (κ2) is 24.8. The lowest BCUT2D eigenvalue weighted by molar-refractivity contribution is -0.123. The van der Waals surface area contributed by atoms with Gasteiger partial charge < -0.3 is 60.9 Å². The summed E-state index contributed by atoms with van der Waals surface area (Å²) in [6, 6.07) is 21.5. The van der Waals surface area contributed by atoms with Crippen LogP contribution >= 0.6 is 11.6 Å². The van der Waals surface area contributed by atoms with E-state index in [0.717, 1.165) is 6.07 Å². The summed E-state index contributed by atoms with van der Waals surface area (Å²) in [4.78, 5) is 74.4. The Balaban J connectivity index is 0.971. The Labute approximate surface area is 443 Å². The molecule has 0 aliphatic heterocycles. The predicted octanol–water partition coefficient (Wildman–Crippen LogP) is 8.01. The van der Waals surface area contributed by atoms with Crippen LogP contribution in [0, 0.1) is 17.6 Å². The molecular formula is C53H57ClF5N9O9. The van der Waals surface area contributed by atoms with Gasteiger partial charge in [-0.2, -0.15) is 13.2 Å². The van der Waals surface area contributed by atoms with Crippen molar-refractivity contribution in [1.82, 2.24) is 46.9 Å². The highest BCUT2D eigenvalue weighted by Crippen LogP contribution is 2.35. The van der Waals surface area contributed by atoms with Crippen molar-refractivity contribution < 1.29 is 65.2 Å². The van der Waals surface area contributed by atoms with Gasteiger partial charge in [-0.3, -0.25) is 29.3 Å². The van der Waals surface area contributed by atoms with E-state index in [1.54, 1.807) is 75.5 Å². The van der Waals surface area contributed by atoms with Crippen LogP contribution in [0.1, 0.15) is 140 Å². The molecule has 1 aliphatic carbocycles. The standard InChI is InChI=1S/C53H57ClF5N9O9/c1-26(64-48(70)39-22-41(44(66-39)50(72)60-5)76-28(3)33-10-6-8-12-35(33)55)18-19-61-51(73)45-43(77-29(4)34-11-7-9-13-36(34)56)23-40(67-45)49(71)68-37-20-31(37)24-62-52(74)46-42(75-27(2)30-14-16-32(54)17-15-30)21-38(65-46)47(69)63-25-53(57,58)59/h6-17,21-23,26-29,31,37,49,65-68,71H,18-20,24-25H2,1-5H3,(H,60,72)(H,61,73)(H,62,74)(H,63,69)(H,64,70). The van der Waals surface area contributed by atoms with Gasteiger partial charge in [-0.1, -0.05) is 60.1 Å². The highest BCUT2D eigenvalue weighted by molar-refractivity contribution is 6.30. The van der Waals surface area contributed by atoms with Crippen LogP contribution in [-0.2, 0) is 0 Å². The zero-order valence-electron chi connectivity index (χ0n) is 42.2. The number of carbonyl (C=O) groups excluding carboxylic acids is 5. The highest BCUT2D eigenvalue weighted by Gasteiger charge is 2.39. The van der Waals surface area contributed by atoms with E-state index in [4.69, 9.17) is 25.8 Å². The summed E-state index contributed by atoms with van der Waals surface area (Å²) in [6.07, 6.45) is -7.80.